The van der Waals surface area contributed by atoms with Crippen LogP contribution in [0, 0.1) is 0 Å². The van der Waals surface area contributed by atoms with E-state index in [1.54, 1.807) is 6.07 Å². The van der Waals surface area contributed by atoms with Gasteiger partial charge in [0.25, 0.3) is 0 Å². The van der Waals surface area contributed by atoms with Crippen LogP contribution in [0.5, 0.6) is 11.5 Å². The second-order valence-electron chi connectivity index (χ2n) is 5.83. The van der Waals surface area contributed by atoms with Crippen molar-refractivity contribution >= 4 is 11.6 Å². The van der Waals surface area contributed by atoms with Gasteiger partial charge in [0.05, 0.1) is 19.3 Å². The molecule has 27 heavy (non-hydrogen) atoms. The predicted molar refractivity (Wildman–Crippen MR) is 106 cm³/mol. The molecule has 0 aliphatic heterocycles. The van der Waals surface area contributed by atoms with Crippen molar-refractivity contribution in [3.63, 3.8) is 0 Å². The summed E-state index contributed by atoms with van der Waals surface area (Å²) in [7, 11) is 0. The highest BCUT2D eigenvalue weighted by molar-refractivity contribution is 6.30. The summed E-state index contributed by atoms with van der Waals surface area (Å²) >= 11 is 6.05. The SMILES string of the molecule is [N-]=[N+]=NC[C@H](OCc1ccc(Oc2ccccc2)cc1)c1cccc(Cl)c1. The van der Waals surface area contributed by atoms with Crippen molar-refractivity contribution < 1.29 is 9.47 Å². The van der Waals surface area contributed by atoms with Gasteiger partial charge in [0.1, 0.15) is 11.5 Å². The van der Waals surface area contributed by atoms with Crippen LogP contribution in [-0.2, 0) is 11.3 Å². The van der Waals surface area contributed by atoms with Gasteiger partial charge in [-0.15, -0.1) is 0 Å². The highest BCUT2D eigenvalue weighted by Crippen LogP contribution is 2.25. The van der Waals surface area contributed by atoms with Gasteiger partial charge >= 0.3 is 0 Å². The summed E-state index contributed by atoms with van der Waals surface area (Å²) in [5.41, 5.74) is 10.5. The molecule has 0 amide bonds. The molecule has 6 heteroatoms. The van der Waals surface area contributed by atoms with Crippen LogP contribution in [0.15, 0.2) is 84.0 Å². The molecule has 3 rings (SSSR count). The van der Waals surface area contributed by atoms with Crippen LogP contribution in [0.1, 0.15) is 17.2 Å². The van der Waals surface area contributed by atoms with E-state index in [1.165, 1.54) is 0 Å². The second kappa shape index (κ2) is 9.64. The standard InChI is InChI=1S/C21H18ClN3O2/c22-18-6-4-5-17(13-18)21(14-24-25-23)26-15-16-9-11-20(12-10-16)27-19-7-2-1-3-8-19/h1-13,21H,14-15H2/t21-/m0/s1. The summed E-state index contributed by atoms with van der Waals surface area (Å²) < 4.78 is 11.7. The zero-order valence-electron chi connectivity index (χ0n) is 14.5. The van der Waals surface area contributed by atoms with E-state index in [4.69, 9.17) is 26.6 Å². The van der Waals surface area contributed by atoms with Gasteiger partial charge in [-0.05, 0) is 53.1 Å². The molecule has 5 nitrogen and oxygen atoms in total. The number of hydrogen-bond acceptors (Lipinski definition) is 3. The molecule has 3 aromatic carbocycles. The molecule has 0 aliphatic carbocycles. The molecule has 3 aromatic rings. The Hall–Kier alpha value is -2.98. The van der Waals surface area contributed by atoms with E-state index >= 15 is 0 Å². The summed E-state index contributed by atoms with van der Waals surface area (Å²) in [4.78, 5) is 2.83. The topological polar surface area (TPSA) is 67.2 Å². The van der Waals surface area contributed by atoms with Crippen molar-refractivity contribution in [3.8, 4) is 11.5 Å². The number of para-hydroxylation sites is 1. The van der Waals surface area contributed by atoms with Crippen molar-refractivity contribution in [2.45, 2.75) is 12.7 Å². The summed E-state index contributed by atoms with van der Waals surface area (Å²) in [6.45, 7) is 0.579. The average molecular weight is 380 g/mol. The number of rotatable bonds is 8. The third kappa shape index (κ3) is 5.76. The van der Waals surface area contributed by atoms with Gasteiger partial charge < -0.3 is 9.47 Å². The van der Waals surface area contributed by atoms with Crippen LogP contribution in [0.3, 0.4) is 0 Å². The molecular weight excluding hydrogens is 362 g/mol. The van der Waals surface area contributed by atoms with E-state index < -0.39 is 0 Å². The molecule has 0 N–H and O–H groups in total. The van der Waals surface area contributed by atoms with Gasteiger partial charge in [0, 0.05) is 9.93 Å². The van der Waals surface area contributed by atoms with Crippen molar-refractivity contribution in [2.75, 3.05) is 6.54 Å². The molecule has 0 aliphatic rings. The Morgan fingerprint density at radius 3 is 2.37 bits per heavy atom. The number of ether oxygens (including phenoxy) is 2. The second-order valence-corrected chi connectivity index (χ2v) is 6.26. The van der Waals surface area contributed by atoms with Crippen molar-refractivity contribution in [3.05, 3.63) is 105 Å². The molecule has 0 saturated heterocycles. The minimum Gasteiger partial charge on any atom is -0.457 e. The Morgan fingerprint density at radius 2 is 1.67 bits per heavy atom. The molecule has 0 aromatic heterocycles. The van der Waals surface area contributed by atoms with E-state index in [-0.39, 0.29) is 12.6 Å². The molecule has 0 saturated carbocycles. The maximum atomic E-state index is 8.62. The predicted octanol–water partition coefficient (Wildman–Crippen LogP) is 6.70. The van der Waals surface area contributed by atoms with E-state index in [9.17, 15) is 0 Å². The Balaban J connectivity index is 1.63. The molecule has 0 radical (unpaired) electrons. The summed E-state index contributed by atoms with van der Waals surface area (Å²) in [5.74, 6) is 1.54. The fourth-order valence-corrected chi connectivity index (χ4v) is 2.75. The van der Waals surface area contributed by atoms with E-state index in [2.05, 4.69) is 10.0 Å². The van der Waals surface area contributed by atoms with Crippen LogP contribution >= 0.6 is 11.6 Å². The van der Waals surface area contributed by atoms with Gasteiger partial charge in [0.15, 0.2) is 0 Å². The first-order valence-electron chi connectivity index (χ1n) is 8.44. The molecule has 0 unspecified atom stereocenters. The first-order chi connectivity index (χ1) is 13.2. The summed E-state index contributed by atoms with van der Waals surface area (Å²) in [5, 5.41) is 4.26. The van der Waals surface area contributed by atoms with E-state index in [0.29, 0.717) is 11.6 Å². The molecule has 1 atom stereocenters. The monoisotopic (exact) mass is 379 g/mol. The quantitative estimate of drug-likeness (QED) is 0.248. The average Bonchev–Trinajstić information content (AvgIpc) is 2.70. The molecule has 0 bridgehead atoms. The maximum absolute atomic E-state index is 8.62. The normalized spacial score (nSPS) is 11.4. The zero-order valence-corrected chi connectivity index (χ0v) is 15.3. The third-order valence-electron chi connectivity index (χ3n) is 3.88. The molecular formula is C21H18ClN3O2. The number of hydrogen-bond donors (Lipinski definition) is 0. The van der Waals surface area contributed by atoms with E-state index in [1.807, 2.05) is 72.8 Å². The summed E-state index contributed by atoms with van der Waals surface area (Å²) in [6, 6.07) is 24.7. The van der Waals surface area contributed by atoms with Crippen molar-refractivity contribution in [1.82, 2.24) is 0 Å². The number of azide groups is 1. The Bertz CT molecular complexity index is 910. The lowest BCUT2D eigenvalue weighted by atomic mass is 10.1. The van der Waals surface area contributed by atoms with Gasteiger partial charge in [-0.1, -0.05) is 59.2 Å². The van der Waals surface area contributed by atoms with Gasteiger partial charge in [-0.2, -0.15) is 0 Å². The third-order valence-corrected chi connectivity index (χ3v) is 4.12. The fraction of sp³-hybridized carbons (Fsp3) is 0.143. The molecule has 136 valence electrons. The van der Waals surface area contributed by atoms with Crippen molar-refractivity contribution in [2.24, 2.45) is 5.11 Å². The van der Waals surface area contributed by atoms with Crippen LogP contribution in [0.4, 0.5) is 0 Å². The van der Waals surface area contributed by atoms with Crippen molar-refractivity contribution in [1.29, 1.82) is 0 Å². The van der Waals surface area contributed by atoms with E-state index in [0.717, 1.165) is 22.6 Å². The number of benzene rings is 3. The Labute approximate surface area is 162 Å². The number of halogens is 1. The lowest BCUT2D eigenvalue weighted by Crippen LogP contribution is -2.08. The minimum atomic E-state index is -0.361. The zero-order chi connectivity index (χ0) is 18.9. The van der Waals surface area contributed by atoms with Crippen LogP contribution in [0.25, 0.3) is 10.4 Å². The Morgan fingerprint density at radius 1 is 0.926 bits per heavy atom. The molecule has 0 heterocycles. The lowest BCUT2D eigenvalue weighted by molar-refractivity contribution is 0.0457. The van der Waals surface area contributed by atoms with Crippen LogP contribution in [-0.4, -0.2) is 6.54 Å². The minimum absolute atomic E-state index is 0.200. The smallest absolute Gasteiger partial charge is 0.127 e. The molecule has 0 fully saturated rings. The first-order valence-corrected chi connectivity index (χ1v) is 8.82. The Kier molecular flexibility index (Phi) is 6.72. The fourth-order valence-electron chi connectivity index (χ4n) is 2.55. The number of nitrogens with zero attached hydrogens (tertiary/aromatic N) is 3. The summed E-state index contributed by atoms with van der Waals surface area (Å²) in [6.07, 6.45) is -0.361. The molecule has 0 spiro atoms. The first kappa shape index (κ1) is 18.8. The largest absolute Gasteiger partial charge is 0.457 e. The highest BCUT2D eigenvalue weighted by Gasteiger charge is 2.12. The maximum Gasteiger partial charge on any atom is 0.127 e. The lowest BCUT2D eigenvalue weighted by Gasteiger charge is -2.17. The van der Waals surface area contributed by atoms with Gasteiger partial charge in [-0.25, -0.2) is 0 Å². The van der Waals surface area contributed by atoms with Gasteiger partial charge in [-0.3, -0.25) is 0 Å². The van der Waals surface area contributed by atoms with Crippen LogP contribution < -0.4 is 4.74 Å². The van der Waals surface area contributed by atoms with Gasteiger partial charge in [0.2, 0.25) is 0 Å². The van der Waals surface area contributed by atoms with Crippen LogP contribution in [0.2, 0.25) is 5.02 Å². The highest BCUT2D eigenvalue weighted by atomic mass is 35.5.